The van der Waals surface area contributed by atoms with Crippen LogP contribution in [0.15, 0.2) is 35.6 Å². The molecule has 0 atom stereocenters. The molecule has 0 saturated heterocycles. The maximum atomic E-state index is 12.2. The minimum Gasteiger partial charge on any atom is -0.465 e. The minimum atomic E-state index is -0.631. The first kappa shape index (κ1) is 19.4. The number of rotatable bonds is 6. The predicted octanol–water partition coefficient (Wildman–Crippen LogP) is 2.09. The average Bonchev–Trinajstić information content (AvgIpc) is 2.64. The van der Waals surface area contributed by atoms with Crippen molar-refractivity contribution >= 4 is 35.3 Å². The summed E-state index contributed by atoms with van der Waals surface area (Å²) in [6.45, 7) is 1.83. The van der Waals surface area contributed by atoms with E-state index in [0.717, 1.165) is 5.69 Å². The van der Waals surface area contributed by atoms with Crippen molar-refractivity contribution in [3.63, 3.8) is 0 Å². The summed E-state index contributed by atoms with van der Waals surface area (Å²) >= 11 is 1.17. The Labute approximate surface area is 154 Å². The van der Waals surface area contributed by atoms with Crippen molar-refractivity contribution in [1.29, 1.82) is 0 Å². The quantitative estimate of drug-likeness (QED) is 0.465. The molecule has 9 heteroatoms. The summed E-state index contributed by atoms with van der Waals surface area (Å²) in [4.78, 5) is 43.9. The summed E-state index contributed by atoms with van der Waals surface area (Å²) in [7, 11) is 2.45. The molecule has 1 N–H and O–H groups in total. The second kappa shape index (κ2) is 8.95. The molecular formula is C17H17N3O5S. The van der Waals surface area contributed by atoms with Crippen molar-refractivity contribution in [2.24, 2.45) is 0 Å². The molecule has 2 rings (SSSR count). The van der Waals surface area contributed by atoms with Crippen LogP contribution in [-0.4, -0.2) is 47.8 Å². The highest BCUT2D eigenvalue weighted by Crippen LogP contribution is 2.18. The fourth-order valence-electron chi connectivity index (χ4n) is 1.99. The molecule has 2 aromatic rings. The molecule has 1 heterocycles. The summed E-state index contributed by atoms with van der Waals surface area (Å²) in [5.74, 6) is -1.53. The summed E-state index contributed by atoms with van der Waals surface area (Å²) in [5, 5.41) is 3.12. The number of benzene rings is 1. The normalized spacial score (nSPS) is 10.1. The number of aromatic nitrogens is 2. The highest BCUT2D eigenvalue weighted by atomic mass is 32.2. The Morgan fingerprint density at radius 2 is 1.69 bits per heavy atom. The number of hydrogen-bond donors (Lipinski definition) is 1. The van der Waals surface area contributed by atoms with E-state index < -0.39 is 11.9 Å². The van der Waals surface area contributed by atoms with Crippen molar-refractivity contribution in [1.82, 2.24) is 9.97 Å². The zero-order chi connectivity index (χ0) is 19.1. The van der Waals surface area contributed by atoms with Gasteiger partial charge in [-0.1, -0.05) is 11.8 Å². The Bertz CT molecular complexity index is 807. The lowest BCUT2D eigenvalue weighted by atomic mass is 10.1. The molecule has 1 amide bonds. The van der Waals surface area contributed by atoms with Gasteiger partial charge in [0.15, 0.2) is 5.16 Å². The van der Waals surface area contributed by atoms with Crippen molar-refractivity contribution < 1.29 is 23.9 Å². The summed E-state index contributed by atoms with van der Waals surface area (Å²) in [5.41, 5.74) is 1.33. The Balaban J connectivity index is 2.12. The second-order valence-corrected chi connectivity index (χ2v) is 6.04. The third kappa shape index (κ3) is 5.28. The number of thioether (sulfide) groups is 1. The summed E-state index contributed by atoms with van der Waals surface area (Å²) in [6, 6.07) is 5.94. The predicted molar refractivity (Wildman–Crippen MR) is 95.2 cm³/mol. The van der Waals surface area contributed by atoms with E-state index >= 15 is 0 Å². The minimum absolute atomic E-state index is 0.0689. The number of anilines is 1. The largest absolute Gasteiger partial charge is 0.465 e. The number of carbonyl (C=O) groups is 3. The first-order valence-electron chi connectivity index (χ1n) is 7.47. The van der Waals surface area contributed by atoms with Gasteiger partial charge in [-0.25, -0.2) is 19.6 Å². The van der Waals surface area contributed by atoms with Crippen LogP contribution in [0.25, 0.3) is 0 Å². The van der Waals surface area contributed by atoms with Crippen LogP contribution in [0, 0.1) is 6.92 Å². The maximum absolute atomic E-state index is 12.2. The smallest absolute Gasteiger partial charge is 0.337 e. The van der Waals surface area contributed by atoms with Crippen molar-refractivity contribution in [2.75, 3.05) is 25.3 Å². The molecule has 0 aliphatic rings. The highest BCUT2D eigenvalue weighted by molar-refractivity contribution is 7.99. The van der Waals surface area contributed by atoms with Gasteiger partial charge in [0, 0.05) is 17.6 Å². The lowest BCUT2D eigenvalue weighted by Gasteiger charge is -2.09. The van der Waals surface area contributed by atoms with Crippen LogP contribution in [0.3, 0.4) is 0 Å². The van der Waals surface area contributed by atoms with Crippen LogP contribution in [0.2, 0.25) is 0 Å². The number of nitrogens with zero attached hydrogens (tertiary/aromatic N) is 2. The number of carbonyl (C=O) groups excluding carboxylic acids is 3. The van der Waals surface area contributed by atoms with E-state index in [9.17, 15) is 14.4 Å². The van der Waals surface area contributed by atoms with E-state index in [1.807, 2.05) is 6.92 Å². The molecule has 0 fully saturated rings. The fourth-order valence-corrected chi connectivity index (χ4v) is 2.67. The third-order valence-electron chi connectivity index (χ3n) is 3.16. The Kier molecular flexibility index (Phi) is 6.67. The van der Waals surface area contributed by atoms with Crippen LogP contribution < -0.4 is 5.32 Å². The van der Waals surface area contributed by atoms with Gasteiger partial charge in [0.1, 0.15) is 0 Å². The molecule has 0 radical (unpaired) electrons. The molecule has 1 aromatic carbocycles. The van der Waals surface area contributed by atoms with Gasteiger partial charge in [0.25, 0.3) is 0 Å². The number of ether oxygens (including phenoxy) is 2. The van der Waals surface area contributed by atoms with E-state index in [-0.39, 0.29) is 28.5 Å². The van der Waals surface area contributed by atoms with E-state index in [4.69, 9.17) is 0 Å². The molecular weight excluding hydrogens is 358 g/mol. The van der Waals surface area contributed by atoms with Gasteiger partial charge in [-0.15, -0.1) is 0 Å². The molecule has 1 aromatic heterocycles. The van der Waals surface area contributed by atoms with Crippen LogP contribution >= 0.6 is 11.8 Å². The Morgan fingerprint density at radius 1 is 1.08 bits per heavy atom. The van der Waals surface area contributed by atoms with Gasteiger partial charge >= 0.3 is 11.9 Å². The van der Waals surface area contributed by atoms with Crippen molar-refractivity contribution in [3.8, 4) is 0 Å². The second-order valence-electron chi connectivity index (χ2n) is 5.10. The van der Waals surface area contributed by atoms with Crippen LogP contribution in [0.4, 0.5) is 5.69 Å². The summed E-state index contributed by atoms with van der Waals surface area (Å²) < 4.78 is 9.31. The monoisotopic (exact) mass is 375 g/mol. The first-order valence-corrected chi connectivity index (χ1v) is 8.45. The van der Waals surface area contributed by atoms with Gasteiger partial charge in [0.05, 0.1) is 31.1 Å². The molecule has 8 nitrogen and oxygen atoms in total. The fraction of sp³-hybridized carbons (Fsp3) is 0.235. The molecule has 0 bridgehead atoms. The number of amides is 1. The van der Waals surface area contributed by atoms with Crippen LogP contribution in [0.5, 0.6) is 0 Å². The number of nitrogens with one attached hydrogen (secondary N) is 1. The van der Waals surface area contributed by atoms with Gasteiger partial charge in [0.2, 0.25) is 5.91 Å². The lowest BCUT2D eigenvalue weighted by molar-refractivity contribution is -0.113. The Hall–Kier alpha value is -2.94. The first-order chi connectivity index (χ1) is 12.4. The SMILES string of the molecule is COC(=O)c1cc(NC(=O)CSc2nccc(C)n2)cc(C(=O)OC)c1. The van der Waals surface area contributed by atoms with Gasteiger partial charge in [-0.05, 0) is 31.2 Å². The van der Waals surface area contributed by atoms with Gasteiger partial charge in [-0.3, -0.25) is 4.79 Å². The number of esters is 2. The molecule has 136 valence electrons. The highest BCUT2D eigenvalue weighted by Gasteiger charge is 2.15. The average molecular weight is 375 g/mol. The van der Waals surface area contributed by atoms with E-state index in [0.29, 0.717) is 5.16 Å². The molecule has 0 saturated carbocycles. The van der Waals surface area contributed by atoms with Gasteiger partial charge in [-0.2, -0.15) is 0 Å². The van der Waals surface area contributed by atoms with Crippen molar-refractivity contribution in [3.05, 3.63) is 47.3 Å². The van der Waals surface area contributed by atoms with Gasteiger partial charge < -0.3 is 14.8 Å². The molecule has 0 spiro atoms. The maximum Gasteiger partial charge on any atom is 0.337 e. The Morgan fingerprint density at radius 3 is 2.23 bits per heavy atom. The van der Waals surface area contributed by atoms with Crippen LogP contribution in [0.1, 0.15) is 26.4 Å². The van der Waals surface area contributed by atoms with Crippen molar-refractivity contribution in [2.45, 2.75) is 12.1 Å². The number of hydrogen-bond acceptors (Lipinski definition) is 8. The molecule has 0 aliphatic heterocycles. The van der Waals surface area contributed by atoms with E-state index in [1.165, 1.54) is 44.2 Å². The molecule has 0 aliphatic carbocycles. The van der Waals surface area contributed by atoms with E-state index in [1.54, 1.807) is 12.3 Å². The topological polar surface area (TPSA) is 107 Å². The standard InChI is InChI=1S/C17H17N3O5S/c1-10-4-5-18-17(19-10)26-9-14(21)20-13-7-11(15(22)24-2)6-12(8-13)16(23)25-3/h4-8H,9H2,1-3H3,(H,20,21). The number of methoxy groups -OCH3 is 2. The number of aryl methyl sites for hydroxylation is 1. The van der Waals surface area contributed by atoms with E-state index in [2.05, 4.69) is 24.8 Å². The zero-order valence-corrected chi connectivity index (χ0v) is 15.3. The molecule has 0 unspecified atom stereocenters. The lowest BCUT2D eigenvalue weighted by Crippen LogP contribution is -2.16. The zero-order valence-electron chi connectivity index (χ0n) is 14.4. The summed E-state index contributed by atoms with van der Waals surface area (Å²) in [6.07, 6.45) is 1.62. The van der Waals surface area contributed by atoms with Crippen LogP contribution in [-0.2, 0) is 14.3 Å². The molecule has 26 heavy (non-hydrogen) atoms. The third-order valence-corrected chi connectivity index (χ3v) is 4.03.